The van der Waals surface area contributed by atoms with E-state index in [-0.39, 0.29) is 18.2 Å². The van der Waals surface area contributed by atoms with Gasteiger partial charge in [0.2, 0.25) is 5.91 Å². The fourth-order valence-electron chi connectivity index (χ4n) is 2.18. The molecule has 0 bridgehead atoms. The maximum atomic E-state index is 12.0. The third-order valence-electron chi connectivity index (χ3n) is 3.37. The van der Waals surface area contributed by atoms with Crippen LogP contribution in [0.3, 0.4) is 0 Å². The number of carbonyl (C=O) groups excluding carboxylic acids is 2. The average Bonchev–Trinajstić information content (AvgIpc) is 2.71. The lowest BCUT2D eigenvalue weighted by Crippen LogP contribution is -2.31. The Balaban J connectivity index is 1.99. The van der Waals surface area contributed by atoms with Crippen LogP contribution < -0.4 is 0 Å². The zero-order valence-electron chi connectivity index (χ0n) is 10.4. The highest BCUT2D eigenvalue weighted by atomic mass is 35.5. The highest BCUT2D eigenvalue weighted by Crippen LogP contribution is 2.21. The van der Waals surface area contributed by atoms with Crippen LogP contribution in [0.4, 0.5) is 0 Å². The molecule has 1 heterocycles. The van der Waals surface area contributed by atoms with Crippen LogP contribution in [-0.4, -0.2) is 29.7 Å². The molecule has 0 saturated carbocycles. The Hall–Kier alpha value is -1.35. The van der Waals surface area contributed by atoms with Gasteiger partial charge in [0.15, 0.2) is 5.78 Å². The summed E-state index contributed by atoms with van der Waals surface area (Å²) in [5, 5.41) is 0.606. The predicted octanol–water partition coefficient (Wildman–Crippen LogP) is 2.78. The van der Waals surface area contributed by atoms with Crippen LogP contribution in [0.1, 0.15) is 30.1 Å². The van der Waals surface area contributed by atoms with Gasteiger partial charge in [-0.1, -0.05) is 24.9 Å². The van der Waals surface area contributed by atoms with E-state index in [0.717, 1.165) is 6.42 Å². The number of hydrogen-bond acceptors (Lipinski definition) is 2. The van der Waals surface area contributed by atoms with Crippen LogP contribution in [0, 0.1) is 5.92 Å². The molecular weight excluding hydrogens is 250 g/mol. The molecular formula is C14H16ClNO2. The summed E-state index contributed by atoms with van der Waals surface area (Å²) in [4.78, 5) is 25.4. The van der Waals surface area contributed by atoms with Crippen LogP contribution in [0.5, 0.6) is 0 Å². The van der Waals surface area contributed by atoms with Crippen LogP contribution in [-0.2, 0) is 4.79 Å². The standard InChI is InChI=1S/C14H16ClNO2/c1-2-10-7-14(18)16(8-10)9-13(17)11-3-5-12(15)6-4-11/h3-6,10H,2,7-9H2,1H3. The summed E-state index contributed by atoms with van der Waals surface area (Å²) in [5.74, 6) is 0.455. The molecule has 1 aliphatic rings. The number of halogens is 1. The van der Waals surface area contributed by atoms with Gasteiger partial charge < -0.3 is 4.90 Å². The second-order valence-electron chi connectivity index (χ2n) is 4.68. The SMILES string of the molecule is CCC1CC(=O)N(CC(=O)c2ccc(Cl)cc2)C1. The van der Waals surface area contributed by atoms with Gasteiger partial charge in [-0.15, -0.1) is 0 Å². The van der Waals surface area contributed by atoms with E-state index in [1.165, 1.54) is 0 Å². The largest absolute Gasteiger partial charge is 0.335 e. The first kappa shape index (κ1) is 13.1. The number of rotatable bonds is 4. The highest BCUT2D eigenvalue weighted by Gasteiger charge is 2.29. The molecule has 1 fully saturated rings. The number of carbonyl (C=O) groups is 2. The summed E-state index contributed by atoms with van der Waals surface area (Å²) in [6.07, 6.45) is 1.56. The van der Waals surface area contributed by atoms with Crippen molar-refractivity contribution >= 4 is 23.3 Å². The zero-order chi connectivity index (χ0) is 13.1. The first-order valence-electron chi connectivity index (χ1n) is 6.16. The van der Waals surface area contributed by atoms with Crippen LogP contribution in [0.25, 0.3) is 0 Å². The van der Waals surface area contributed by atoms with E-state index in [4.69, 9.17) is 11.6 Å². The molecule has 18 heavy (non-hydrogen) atoms. The van der Waals surface area contributed by atoms with E-state index in [9.17, 15) is 9.59 Å². The summed E-state index contributed by atoms with van der Waals surface area (Å²) in [6.45, 7) is 2.95. The molecule has 1 atom stereocenters. The van der Waals surface area contributed by atoms with E-state index in [1.54, 1.807) is 29.2 Å². The number of hydrogen-bond donors (Lipinski definition) is 0. The number of likely N-dealkylation sites (tertiary alicyclic amines) is 1. The van der Waals surface area contributed by atoms with Gasteiger partial charge in [0.05, 0.1) is 6.54 Å². The molecule has 0 N–H and O–H groups in total. The summed E-state index contributed by atoms with van der Waals surface area (Å²) in [7, 11) is 0. The van der Waals surface area contributed by atoms with Gasteiger partial charge in [0.25, 0.3) is 0 Å². The lowest BCUT2D eigenvalue weighted by atomic mass is 10.1. The minimum absolute atomic E-state index is 0.0308. The molecule has 1 aromatic carbocycles. The maximum Gasteiger partial charge on any atom is 0.223 e. The Bertz CT molecular complexity index is 455. The molecule has 1 amide bonds. The molecule has 1 unspecified atom stereocenters. The minimum Gasteiger partial charge on any atom is -0.335 e. The van der Waals surface area contributed by atoms with E-state index in [1.807, 2.05) is 0 Å². The molecule has 0 aliphatic carbocycles. The van der Waals surface area contributed by atoms with Crippen molar-refractivity contribution in [3.8, 4) is 0 Å². The number of amides is 1. The van der Waals surface area contributed by atoms with E-state index in [0.29, 0.717) is 29.5 Å². The first-order valence-corrected chi connectivity index (χ1v) is 6.54. The van der Waals surface area contributed by atoms with Gasteiger partial charge >= 0.3 is 0 Å². The van der Waals surface area contributed by atoms with Crippen molar-refractivity contribution in [1.82, 2.24) is 4.90 Å². The minimum atomic E-state index is -0.0308. The molecule has 4 heteroatoms. The molecule has 1 saturated heterocycles. The van der Waals surface area contributed by atoms with E-state index in [2.05, 4.69) is 6.92 Å². The third-order valence-corrected chi connectivity index (χ3v) is 3.62. The number of nitrogens with zero attached hydrogens (tertiary/aromatic N) is 1. The Morgan fingerprint density at radius 2 is 2.06 bits per heavy atom. The number of Topliss-reactive ketones (excluding diaryl/α,β-unsaturated/α-hetero) is 1. The molecule has 3 nitrogen and oxygen atoms in total. The molecule has 1 aliphatic heterocycles. The number of benzene rings is 1. The Labute approximate surface area is 112 Å². The maximum absolute atomic E-state index is 12.0. The fourth-order valence-corrected chi connectivity index (χ4v) is 2.31. The lowest BCUT2D eigenvalue weighted by molar-refractivity contribution is -0.127. The first-order chi connectivity index (χ1) is 8.60. The highest BCUT2D eigenvalue weighted by molar-refractivity contribution is 6.30. The summed E-state index contributed by atoms with van der Waals surface area (Å²) in [5.41, 5.74) is 0.604. The lowest BCUT2D eigenvalue weighted by Gasteiger charge is -2.15. The molecule has 0 aromatic heterocycles. The number of ketones is 1. The van der Waals surface area contributed by atoms with Gasteiger partial charge in [-0.25, -0.2) is 0 Å². The van der Waals surface area contributed by atoms with Gasteiger partial charge in [-0.05, 0) is 30.2 Å². The van der Waals surface area contributed by atoms with Crippen molar-refractivity contribution in [2.24, 2.45) is 5.92 Å². The normalized spacial score (nSPS) is 19.3. The average molecular weight is 266 g/mol. The monoisotopic (exact) mass is 265 g/mol. The summed E-state index contributed by atoms with van der Waals surface area (Å²) in [6, 6.07) is 6.77. The van der Waals surface area contributed by atoms with Crippen LogP contribution in [0.2, 0.25) is 5.02 Å². The Morgan fingerprint density at radius 3 is 2.61 bits per heavy atom. The van der Waals surface area contributed by atoms with Gasteiger partial charge in [-0.3, -0.25) is 9.59 Å². The summed E-state index contributed by atoms with van der Waals surface area (Å²) >= 11 is 5.77. The Morgan fingerprint density at radius 1 is 1.39 bits per heavy atom. The van der Waals surface area contributed by atoms with E-state index >= 15 is 0 Å². The van der Waals surface area contributed by atoms with Crippen LogP contribution in [0.15, 0.2) is 24.3 Å². The van der Waals surface area contributed by atoms with Crippen LogP contribution >= 0.6 is 11.6 Å². The van der Waals surface area contributed by atoms with Gasteiger partial charge in [-0.2, -0.15) is 0 Å². The van der Waals surface area contributed by atoms with Crippen molar-refractivity contribution in [3.63, 3.8) is 0 Å². The topological polar surface area (TPSA) is 37.4 Å². The quantitative estimate of drug-likeness (QED) is 0.785. The summed E-state index contributed by atoms with van der Waals surface area (Å²) < 4.78 is 0. The molecule has 96 valence electrons. The van der Waals surface area contributed by atoms with Crippen molar-refractivity contribution in [1.29, 1.82) is 0 Å². The fraction of sp³-hybridized carbons (Fsp3) is 0.429. The zero-order valence-corrected chi connectivity index (χ0v) is 11.1. The van der Waals surface area contributed by atoms with Crippen molar-refractivity contribution in [2.45, 2.75) is 19.8 Å². The van der Waals surface area contributed by atoms with Crippen molar-refractivity contribution in [3.05, 3.63) is 34.9 Å². The second kappa shape index (κ2) is 5.53. The molecule has 0 radical (unpaired) electrons. The van der Waals surface area contributed by atoms with Crippen molar-refractivity contribution < 1.29 is 9.59 Å². The molecule has 1 aromatic rings. The predicted molar refractivity (Wildman–Crippen MR) is 70.8 cm³/mol. The Kier molecular flexibility index (Phi) is 4.02. The van der Waals surface area contributed by atoms with Gasteiger partial charge in [0.1, 0.15) is 0 Å². The van der Waals surface area contributed by atoms with Gasteiger partial charge in [0, 0.05) is 23.6 Å². The molecule has 0 spiro atoms. The van der Waals surface area contributed by atoms with E-state index < -0.39 is 0 Å². The molecule has 2 rings (SSSR count). The smallest absolute Gasteiger partial charge is 0.223 e. The third kappa shape index (κ3) is 2.91. The van der Waals surface area contributed by atoms with Crippen molar-refractivity contribution in [2.75, 3.05) is 13.1 Å². The second-order valence-corrected chi connectivity index (χ2v) is 5.12.